The first-order chi connectivity index (χ1) is 4.34. The molecule has 1 heterocycles. The fourth-order valence-corrected chi connectivity index (χ4v) is 1.00. The van der Waals surface area contributed by atoms with Crippen molar-refractivity contribution in [3.05, 3.63) is 0 Å². The van der Waals surface area contributed by atoms with Gasteiger partial charge in [0.2, 0.25) is 0 Å². The summed E-state index contributed by atoms with van der Waals surface area (Å²) >= 11 is 0. The molecule has 1 atom stereocenters. The summed E-state index contributed by atoms with van der Waals surface area (Å²) in [7, 11) is 0. The number of nitrogens with zero attached hydrogens (tertiary/aromatic N) is 2. The van der Waals surface area contributed by atoms with E-state index in [9.17, 15) is 0 Å². The van der Waals surface area contributed by atoms with E-state index in [4.69, 9.17) is 5.26 Å². The van der Waals surface area contributed by atoms with Crippen molar-refractivity contribution in [1.82, 2.24) is 10.2 Å². The van der Waals surface area contributed by atoms with Gasteiger partial charge in [0.05, 0.1) is 12.6 Å². The summed E-state index contributed by atoms with van der Waals surface area (Å²) in [4.78, 5) is 2.11. The molecular formula is C6H11N3. The highest BCUT2D eigenvalue weighted by atomic mass is 15.3. The molecule has 1 N–H and O–H groups in total. The molecule has 1 unspecified atom stereocenters. The van der Waals surface area contributed by atoms with E-state index in [1.54, 1.807) is 0 Å². The summed E-state index contributed by atoms with van der Waals surface area (Å²) in [6, 6.07) is 2.66. The summed E-state index contributed by atoms with van der Waals surface area (Å²) in [6.45, 7) is 4.56. The molecule has 0 saturated carbocycles. The van der Waals surface area contributed by atoms with Crippen LogP contribution >= 0.6 is 0 Å². The molecule has 0 spiro atoms. The minimum atomic E-state index is 0.532. The van der Waals surface area contributed by atoms with E-state index in [1.807, 2.05) is 0 Å². The third-order valence-electron chi connectivity index (χ3n) is 1.65. The maximum atomic E-state index is 8.32. The van der Waals surface area contributed by atoms with E-state index in [-0.39, 0.29) is 0 Å². The standard InChI is InChI=1S/C6H11N3/c1-6-4-8-5-9(6)3-2-7/h6,8H,3-5H2,1H3. The van der Waals surface area contributed by atoms with Gasteiger partial charge in [0.25, 0.3) is 0 Å². The van der Waals surface area contributed by atoms with E-state index in [0.717, 1.165) is 13.2 Å². The Kier molecular flexibility index (Phi) is 2.04. The Hall–Kier alpha value is -0.590. The highest BCUT2D eigenvalue weighted by molar-refractivity contribution is 4.83. The van der Waals surface area contributed by atoms with E-state index in [0.29, 0.717) is 12.6 Å². The molecule has 0 aliphatic carbocycles. The molecule has 0 amide bonds. The number of rotatable bonds is 1. The predicted molar refractivity (Wildman–Crippen MR) is 34.7 cm³/mol. The molecule has 0 radical (unpaired) electrons. The first kappa shape index (κ1) is 6.53. The molecule has 50 valence electrons. The summed E-state index contributed by atoms with van der Waals surface area (Å²) in [6.07, 6.45) is 0. The van der Waals surface area contributed by atoms with Crippen LogP contribution in [0.4, 0.5) is 0 Å². The maximum Gasteiger partial charge on any atom is 0.0878 e. The lowest BCUT2D eigenvalue weighted by Gasteiger charge is -2.14. The zero-order chi connectivity index (χ0) is 6.69. The normalized spacial score (nSPS) is 28.2. The minimum Gasteiger partial charge on any atom is -0.303 e. The smallest absolute Gasteiger partial charge is 0.0878 e. The average Bonchev–Trinajstić information content (AvgIpc) is 2.18. The van der Waals surface area contributed by atoms with Crippen LogP contribution in [0.25, 0.3) is 0 Å². The van der Waals surface area contributed by atoms with Gasteiger partial charge in [-0.2, -0.15) is 5.26 Å². The fraction of sp³-hybridized carbons (Fsp3) is 0.833. The van der Waals surface area contributed by atoms with Crippen LogP contribution < -0.4 is 5.32 Å². The van der Waals surface area contributed by atoms with Gasteiger partial charge in [-0.1, -0.05) is 0 Å². The van der Waals surface area contributed by atoms with E-state index in [2.05, 4.69) is 23.2 Å². The number of hydrogen-bond donors (Lipinski definition) is 1. The van der Waals surface area contributed by atoms with Crippen molar-refractivity contribution in [2.24, 2.45) is 0 Å². The van der Waals surface area contributed by atoms with Crippen molar-refractivity contribution in [3.8, 4) is 6.07 Å². The lowest BCUT2D eigenvalue weighted by atomic mass is 10.3. The van der Waals surface area contributed by atoms with Gasteiger partial charge >= 0.3 is 0 Å². The molecule has 1 aliphatic rings. The van der Waals surface area contributed by atoms with Crippen molar-refractivity contribution >= 4 is 0 Å². The van der Waals surface area contributed by atoms with Crippen LogP contribution in [0.1, 0.15) is 6.92 Å². The third-order valence-corrected chi connectivity index (χ3v) is 1.65. The Morgan fingerprint density at radius 1 is 1.89 bits per heavy atom. The molecule has 9 heavy (non-hydrogen) atoms. The molecule has 3 heteroatoms. The van der Waals surface area contributed by atoms with Gasteiger partial charge < -0.3 is 5.32 Å². The quantitative estimate of drug-likeness (QED) is 0.492. The van der Waals surface area contributed by atoms with E-state index < -0.39 is 0 Å². The van der Waals surface area contributed by atoms with Gasteiger partial charge in [-0.25, -0.2) is 0 Å². The van der Waals surface area contributed by atoms with Gasteiger partial charge in [-0.05, 0) is 6.92 Å². The van der Waals surface area contributed by atoms with Gasteiger partial charge in [0, 0.05) is 19.3 Å². The first-order valence-electron chi connectivity index (χ1n) is 3.16. The zero-order valence-corrected chi connectivity index (χ0v) is 5.59. The Labute approximate surface area is 55.3 Å². The van der Waals surface area contributed by atoms with Gasteiger partial charge in [-0.3, -0.25) is 4.90 Å². The molecule has 0 bridgehead atoms. The van der Waals surface area contributed by atoms with Crippen molar-refractivity contribution in [2.45, 2.75) is 13.0 Å². The van der Waals surface area contributed by atoms with Crippen molar-refractivity contribution in [2.75, 3.05) is 19.8 Å². The van der Waals surface area contributed by atoms with Gasteiger partial charge in [0.15, 0.2) is 0 Å². The van der Waals surface area contributed by atoms with E-state index in [1.165, 1.54) is 0 Å². The van der Waals surface area contributed by atoms with Crippen molar-refractivity contribution < 1.29 is 0 Å². The SMILES string of the molecule is CC1CNCN1CC#N. The average molecular weight is 125 g/mol. The second-order valence-electron chi connectivity index (χ2n) is 2.37. The van der Waals surface area contributed by atoms with Crippen LogP contribution in [0, 0.1) is 11.3 Å². The van der Waals surface area contributed by atoms with Crippen LogP contribution in [-0.4, -0.2) is 30.7 Å². The summed E-state index contributed by atoms with van der Waals surface area (Å²) in [5.74, 6) is 0. The number of nitriles is 1. The zero-order valence-electron chi connectivity index (χ0n) is 5.59. The van der Waals surface area contributed by atoms with Crippen LogP contribution in [0.3, 0.4) is 0 Å². The lowest BCUT2D eigenvalue weighted by Crippen LogP contribution is -2.28. The largest absolute Gasteiger partial charge is 0.303 e. The first-order valence-corrected chi connectivity index (χ1v) is 3.16. The third kappa shape index (κ3) is 1.41. The van der Waals surface area contributed by atoms with Gasteiger partial charge in [0.1, 0.15) is 0 Å². The minimum absolute atomic E-state index is 0.532. The Balaban J connectivity index is 2.33. The Morgan fingerprint density at radius 2 is 2.67 bits per heavy atom. The molecule has 0 aromatic carbocycles. The molecule has 0 aromatic rings. The van der Waals surface area contributed by atoms with Gasteiger partial charge in [-0.15, -0.1) is 0 Å². The molecule has 1 rings (SSSR count). The summed E-state index contributed by atoms with van der Waals surface area (Å²) < 4.78 is 0. The van der Waals surface area contributed by atoms with Crippen LogP contribution in [0.2, 0.25) is 0 Å². The number of nitrogens with one attached hydrogen (secondary N) is 1. The lowest BCUT2D eigenvalue weighted by molar-refractivity contribution is 0.305. The predicted octanol–water partition coefficient (Wildman–Crippen LogP) is -0.239. The Morgan fingerprint density at radius 3 is 3.11 bits per heavy atom. The highest BCUT2D eigenvalue weighted by Gasteiger charge is 2.17. The second kappa shape index (κ2) is 2.81. The van der Waals surface area contributed by atoms with Crippen molar-refractivity contribution in [3.63, 3.8) is 0 Å². The summed E-state index contributed by atoms with van der Waals surface area (Å²) in [5, 5.41) is 11.5. The molecule has 3 nitrogen and oxygen atoms in total. The Bertz CT molecular complexity index is 127. The number of hydrogen-bond acceptors (Lipinski definition) is 3. The van der Waals surface area contributed by atoms with Crippen LogP contribution in [0.5, 0.6) is 0 Å². The molecule has 0 aromatic heterocycles. The molecular weight excluding hydrogens is 114 g/mol. The molecule has 1 saturated heterocycles. The van der Waals surface area contributed by atoms with E-state index >= 15 is 0 Å². The molecule has 1 fully saturated rings. The highest BCUT2D eigenvalue weighted by Crippen LogP contribution is 2.00. The van der Waals surface area contributed by atoms with Crippen LogP contribution in [0.15, 0.2) is 0 Å². The topological polar surface area (TPSA) is 39.1 Å². The van der Waals surface area contributed by atoms with Crippen molar-refractivity contribution in [1.29, 1.82) is 5.26 Å². The summed E-state index contributed by atoms with van der Waals surface area (Å²) in [5.41, 5.74) is 0. The maximum absolute atomic E-state index is 8.32. The van der Waals surface area contributed by atoms with Crippen LogP contribution in [-0.2, 0) is 0 Å². The monoisotopic (exact) mass is 125 g/mol. The fourth-order valence-electron chi connectivity index (χ4n) is 1.00. The molecule has 1 aliphatic heterocycles. The second-order valence-corrected chi connectivity index (χ2v) is 2.37.